The van der Waals surface area contributed by atoms with E-state index in [4.69, 9.17) is 9.57 Å². The summed E-state index contributed by atoms with van der Waals surface area (Å²) in [6, 6.07) is 4.89. The number of nitrogens with one attached hydrogen (secondary N) is 1. The predicted molar refractivity (Wildman–Crippen MR) is 115 cm³/mol. The van der Waals surface area contributed by atoms with Gasteiger partial charge in [0.2, 0.25) is 5.91 Å². The number of ether oxygens (including phenoxy) is 1. The zero-order chi connectivity index (χ0) is 22.0. The third kappa shape index (κ3) is 4.60. The van der Waals surface area contributed by atoms with E-state index in [-0.39, 0.29) is 30.2 Å². The Morgan fingerprint density at radius 1 is 1.42 bits per heavy atom. The standard InChI is InChI=1S/C22H29FN4O4/c1-15(28)24-12-18-13-27(21(29)31-18)17-5-6-20(19(23)10-17)26-9-8-22(14-26)7-3-4-16(11-22)25-30-2/h5-6,10,18H,3-4,7-9,11-14H2,1-2H3,(H,24,28). The van der Waals surface area contributed by atoms with Crippen LogP contribution < -0.4 is 15.1 Å². The van der Waals surface area contributed by atoms with Gasteiger partial charge in [0.25, 0.3) is 0 Å². The molecule has 1 N–H and O–H groups in total. The topological polar surface area (TPSA) is 83.5 Å². The predicted octanol–water partition coefficient (Wildman–Crippen LogP) is 3.06. The first-order chi connectivity index (χ1) is 14.9. The van der Waals surface area contributed by atoms with Gasteiger partial charge < -0.3 is 19.8 Å². The van der Waals surface area contributed by atoms with E-state index in [0.29, 0.717) is 11.4 Å². The lowest BCUT2D eigenvalue weighted by Gasteiger charge is -2.34. The molecule has 2 heterocycles. The molecule has 0 bridgehead atoms. The molecule has 1 aromatic carbocycles. The number of hydrogen-bond donors (Lipinski definition) is 1. The Bertz CT molecular complexity index is 892. The molecule has 2 amide bonds. The highest BCUT2D eigenvalue weighted by Crippen LogP contribution is 2.44. The minimum atomic E-state index is -0.533. The van der Waals surface area contributed by atoms with Crippen molar-refractivity contribution >= 4 is 29.1 Å². The van der Waals surface area contributed by atoms with Gasteiger partial charge in [-0.2, -0.15) is 0 Å². The number of rotatable bonds is 5. The second-order valence-corrected chi connectivity index (χ2v) is 8.73. The van der Waals surface area contributed by atoms with Gasteiger partial charge in [-0.25, -0.2) is 9.18 Å². The number of carbonyl (C=O) groups excluding carboxylic acids is 2. The summed E-state index contributed by atoms with van der Waals surface area (Å²) in [6.45, 7) is 3.50. The van der Waals surface area contributed by atoms with E-state index in [1.807, 2.05) is 0 Å². The highest BCUT2D eigenvalue weighted by atomic mass is 19.1. The van der Waals surface area contributed by atoms with Crippen LogP contribution in [0.15, 0.2) is 23.4 Å². The van der Waals surface area contributed by atoms with E-state index in [9.17, 15) is 9.59 Å². The molecule has 0 aromatic heterocycles. The molecular weight excluding hydrogens is 403 g/mol. The lowest BCUT2D eigenvalue weighted by molar-refractivity contribution is -0.119. The van der Waals surface area contributed by atoms with Crippen LogP contribution in [0.4, 0.5) is 20.6 Å². The lowest BCUT2D eigenvalue weighted by atomic mass is 9.73. The molecule has 0 radical (unpaired) electrons. The SMILES string of the molecule is CON=C1CCCC2(CCN(c3ccc(N4CC(CNC(C)=O)OC4=O)cc3F)C2)C1. The number of anilines is 2. The van der Waals surface area contributed by atoms with E-state index < -0.39 is 12.2 Å². The minimum absolute atomic E-state index is 0.121. The second-order valence-electron chi connectivity index (χ2n) is 8.73. The third-order valence-electron chi connectivity index (χ3n) is 6.45. The molecule has 2 atom stereocenters. The van der Waals surface area contributed by atoms with Crippen molar-refractivity contribution in [3.05, 3.63) is 24.0 Å². The summed E-state index contributed by atoms with van der Waals surface area (Å²) in [5.41, 5.74) is 2.22. The van der Waals surface area contributed by atoms with Gasteiger partial charge in [-0.05, 0) is 55.7 Å². The van der Waals surface area contributed by atoms with Gasteiger partial charge in [-0.15, -0.1) is 0 Å². The van der Waals surface area contributed by atoms with Gasteiger partial charge in [0.15, 0.2) is 0 Å². The van der Waals surface area contributed by atoms with Crippen molar-refractivity contribution in [2.75, 3.05) is 43.1 Å². The molecular formula is C22H29FN4O4. The smallest absolute Gasteiger partial charge is 0.414 e. The van der Waals surface area contributed by atoms with Crippen LogP contribution in [-0.2, 0) is 14.4 Å². The van der Waals surface area contributed by atoms with Crippen LogP contribution in [0, 0.1) is 11.2 Å². The van der Waals surface area contributed by atoms with Crippen LogP contribution in [0.2, 0.25) is 0 Å². The van der Waals surface area contributed by atoms with Gasteiger partial charge in [-0.1, -0.05) is 5.16 Å². The van der Waals surface area contributed by atoms with Crippen LogP contribution in [0.3, 0.4) is 0 Å². The number of amides is 2. The maximum absolute atomic E-state index is 15.1. The zero-order valence-electron chi connectivity index (χ0n) is 18.0. The van der Waals surface area contributed by atoms with Crippen LogP contribution in [0.5, 0.6) is 0 Å². The summed E-state index contributed by atoms with van der Waals surface area (Å²) in [5, 5.41) is 6.80. The largest absolute Gasteiger partial charge is 0.442 e. The van der Waals surface area contributed by atoms with E-state index in [1.165, 1.54) is 17.9 Å². The monoisotopic (exact) mass is 432 g/mol. The van der Waals surface area contributed by atoms with E-state index in [2.05, 4.69) is 15.4 Å². The maximum Gasteiger partial charge on any atom is 0.414 e. The molecule has 1 saturated carbocycles. The normalized spacial score (nSPS) is 27.1. The van der Waals surface area contributed by atoms with Gasteiger partial charge in [0, 0.05) is 20.0 Å². The van der Waals surface area contributed by atoms with Crippen molar-refractivity contribution in [3.63, 3.8) is 0 Å². The molecule has 1 aromatic rings. The Morgan fingerprint density at radius 2 is 2.26 bits per heavy atom. The number of benzene rings is 1. The maximum atomic E-state index is 15.1. The first-order valence-corrected chi connectivity index (χ1v) is 10.8. The Morgan fingerprint density at radius 3 is 3.00 bits per heavy atom. The first kappa shape index (κ1) is 21.4. The summed E-state index contributed by atoms with van der Waals surface area (Å²) in [5.74, 6) is -0.541. The molecule has 1 spiro atoms. The summed E-state index contributed by atoms with van der Waals surface area (Å²) in [6.07, 6.45) is 4.07. The van der Waals surface area contributed by atoms with Gasteiger partial charge in [-0.3, -0.25) is 9.69 Å². The van der Waals surface area contributed by atoms with Gasteiger partial charge >= 0.3 is 6.09 Å². The van der Waals surface area contributed by atoms with Crippen LogP contribution in [-0.4, -0.2) is 57.1 Å². The molecule has 1 aliphatic carbocycles. The van der Waals surface area contributed by atoms with E-state index >= 15 is 4.39 Å². The Hall–Kier alpha value is -2.84. The fourth-order valence-electron chi connectivity index (χ4n) is 4.99. The number of halogens is 1. The van der Waals surface area contributed by atoms with Crippen molar-refractivity contribution in [2.24, 2.45) is 10.6 Å². The Kier molecular flexibility index (Phi) is 6.02. The number of nitrogens with zero attached hydrogens (tertiary/aromatic N) is 3. The average Bonchev–Trinajstić information content (AvgIpc) is 3.30. The molecule has 4 rings (SSSR count). The second kappa shape index (κ2) is 8.72. The molecule has 2 unspecified atom stereocenters. The molecule has 8 nitrogen and oxygen atoms in total. The molecule has 3 aliphatic rings. The van der Waals surface area contributed by atoms with Gasteiger partial charge in [0.1, 0.15) is 19.0 Å². The molecule has 2 aliphatic heterocycles. The molecule has 168 valence electrons. The van der Waals surface area contributed by atoms with Crippen molar-refractivity contribution < 1.29 is 23.6 Å². The summed E-state index contributed by atoms with van der Waals surface area (Å²) >= 11 is 0. The zero-order valence-corrected chi connectivity index (χ0v) is 18.0. The Labute approximate surface area is 181 Å². The lowest BCUT2D eigenvalue weighted by Crippen LogP contribution is -2.33. The highest BCUT2D eigenvalue weighted by molar-refractivity contribution is 5.90. The fourth-order valence-corrected chi connectivity index (χ4v) is 4.99. The van der Waals surface area contributed by atoms with E-state index in [1.54, 1.807) is 19.2 Å². The fraction of sp³-hybridized carbons (Fsp3) is 0.591. The number of carbonyl (C=O) groups is 2. The van der Waals surface area contributed by atoms with Gasteiger partial charge in [0.05, 0.1) is 30.2 Å². The van der Waals surface area contributed by atoms with E-state index in [0.717, 1.165) is 50.9 Å². The molecule has 3 fully saturated rings. The quantitative estimate of drug-likeness (QED) is 0.723. The minimum Gasteiger partial charge on any atom is -0.442 e. The molecule has 2 saturated heterocycles. The number of hydrogen-bond acceptors (Lipinski definition) is 6. The highest BCUT2D eigenvalue weighted by Gasteiger charge is 2.42. The number of oxime groups is 1. The van der Waals surface area contributed by atoms with Crippen molar-refractivity contribution in [2.45, 2.75) is 45.1 Å². The Balaban J connectivity index is 1.43. The average molecular weight is 432 g/mol. The van der Waals surface area contributed by atoms with Crippen LogP contribution in [0.1, 0.15) is 39.0 Å². The molecule has 9 heteroatoms. The third-order valence-corrected chi connectivity index (χ3v) is 6.45. The van der Waals surface area contributed by atoms with Crippen molar-refractivity contribution in [3.8, 4) is 0 Å². The van der Waals surface area contributed by atoms with Crippen LogP contribution in [0.25, 0.3) is 0 Å². The van der Waals surface area contributed by atoms with Crippen molar-refractivity contribution in [1.29, 1.82) is 0 Å². The summed E-state index contributed by atoms with van der Waals surface area (Å²) in [7, 11) is 1.57. The first-order valence-electron chi connectivity index (χ1n) is 10.8. The number of cyclic esters (lactones) is 1. The summed E-state index contributed by atoms with van der Waals surface area (Å²) in [4.78, 5) is 31.7. The summed E-state index contributed by atoms with van der Waals surface area (Å²) < 4.78 is 20.3. The van der Waals surface area contributed by atoms with Crippen LogP contribution >= 0.6 is 0 Å². The van der Waals surface area contributed by atoms with Crippen molar-refractivity contribution in [1.82, 2.24) is 5.32 Å². The molecule has 31 heavy (non-hydrogen) atoms.